The summed E-state index contributed by atoms with van der Waals surface area (Å²) in [6, 6.07) is 11.5. The maximum Gasteiger partial charge on any atom is 0.270 e. The highest BCUT2D eigenvalue weighted by Gasteiger charge is 2.38. The van der Waals surface area contributed by atoms with Crippen LogP contribution in [0.2, 0.25) is 0 Å². The first-order chi connectivity index (χ1) is 15.9. The number of aromatic nitrogens is 2. The zero-order chi connectivity index (χ0) is 23.7. The van der Waals surface area contributed by atoms with Gasteiger partial charge in [-0.25, -0.2) is 0 Å². The summed E-state index contributed by atoms with van der Waals surface area (Å²) < 4.78 is 22.0. The predicted molar refractivity (Wildman–Crippen MR) is 116 cm³/mol. The number of nitro benzene ring substituents is 1. The summed E-state index contributed by atoms with van der Waals surface area (Å²) in [4.78, 5) is 10.8. The third kappa shape index (κ3) is 3.53. The molecule has 0 amide bonds. The molecule has 0 fully saturated rings. The fourth-order valence-electron chi connectivity index (χ4n) is 3.83. The summed E-state index contributed by atoms with van der Waals surface area (Å²) in [6.07, 6.45) is 0. The minimum absolute atomic E-state index is 0.0941. The van der Waals surface area contributed by atoms with Crippen LogP contribution in [0.25, 0.3) is 11.3 Å². The van der Waals surface area contributed by atoms with Crippen LogP contribution in [0, 0.1) is 21.4 Å². The lowest BCUT2D eigenvalue weighted by Gasteiger charge is -2.26. The topological polar surface area (TPSA) is 159 Å². The van der Waals surface area contributed by atoms with Crippen molar-refractivity contribution in [1.29, 1.82) is 5.26 Å². The Bertz CT molecular complexity index is 1320. The number of H-pyrrole nitrogens is 1. The van der Waals surface area contributed by atoms with Crippen molar-refractivity contribution in [3.05, 3.63) is 69.1 Å². The van der Waals surface area contributed by atoms with Crippen molar-refractivity contribution >= 4 is 5.69 Å². The second-order valence-corrected chi connectivity index (χ2v) is 7.00. The van der Waals surface area contributed by atoms with Gasteiger partial charge in [-0.2, -0.15) is 5.26 Å². The van der Waals surface area contributed by atoms with Crippen LogP contribution in [-0.2, 0) is 0 Å². The number of benzene rings is 2. The van der Waals surface area contributed by atoms with Gasteiger partial charge in [-0.15, -0.1) is 5.10 Å². The van der Waals surface area contributed by atoms with Gasteiger partial charge in [0.25, 0.3) is 5.69 Å². The molecule has 2 heterocycles. The van der Waals surface area contributed by atoms with Gasteiger partial charge in [-0.3, -0.25) is 15.2 Å². The van der Waals surface area contributed by atoms with E-state index in [9.17, 15) is 15.4 Å². The Labute approximate surface area is 188 Å². The summed E-state index contributed by atoms with van der Waals surface area (Å²) in [6.45, 7) is 0. The molecule has 11 nitrogen and oxygen atoms in total. The number of nitrogens with zero attached hydrogens (tertiary/aromatic N) is 3. The molecule has 2 aromatic carbocycles. The number of nitro groups is 1. The molecular weight excluding hydrogens is 430 g/mol. The summed E-state index contributed by atoms with van der Waals surface area (Å²) >= 11 is 0. The van der Waals surface area contributed by atoms with Gasteiger partial charge in [0.15, 0.2) is 11.5 Å². The maximum absolute atomic E-state index is 11.3. The second kappa shape index (κ2) is 8.43. The number of allylic oxidation sites excluding steroid dienone is 1. The molecule has 168 valence electrons. The third-order valence-electron chi connectivity index (χ3n) is 5.33. The predicted octanol–water partition coefficient (Wildman–Crippen LogP) is 3.23. The molecule has 4 rings (SSSR count). The number of nitrogens with two attached hydrogens (primary N) is 1. The minimum Gasteiger partial charge on any atom is -0.496 e. The lowest BCUT2D eigenvalue weighted by molar-refractivity contribution is -0.384. The Morgan fingerprint density at radius 1 is 1.15 bits per heavy atom. The summed E-state index contributed by atoms with van der Waals surface area (Å²) in [5, 5.41) is 28.3. The molecule has 0 saturated heterocycles. The lowest BCUT2D eigenvalue weighted by Crippen LogP contribution is -2.21. The fraction of sp³-hybridized carbons (Fsp3) is 0.182. The van der Waals surface area contributed by atoms with Crippen molar-refractivity contribution in [3.8, 4) is 40.5 Å². The fourth-order valence-corrected chi connectivity index (χ4v) is 3.83. The van der Waals surface area contributed by atoms with E-state index in [1.54, 1.807) is 24.3 Å². The molecule has 1 atom stereocenters. The highest BCUT2D eigenvalue weighted by molar-refractivity contribution is 5.73. The molecule has 3 aromatic rings. The van der Waals surface area contributed by atoms with Gasteiger partial charge in [-0.05, 0) is 6.07 Å². The van der Waals surface area contributed by atoms with Crippen LogP contribution in [0.3, 0.4) is 0 Å². The van der Waals surface area contributed by atoms with Crippen LogP contribution in [0.15, 0.2) is 47.9 Å². The first-order valence-corrected chi connectivity index (χ1v) is 9.64. The third-order valence-corrected chi connectivity index (χ3v) is 5.33. The van der Waals surface area contributed by atoms with Crippen LogP contribution >= 0.6 is 0 Å². The highest BCUT2D eigenvalue weighted by atomic mass is 16.6. The zero-order valence-electron chi connectivity index (χ0n) is 17.9. The summed E-state index contributed by atoms with van der Waals surface area (Å²) in [5.74, 6) is 0.544. The number of non-ortho nitro benzene ring substituents is 1. The first-order valence-electron chi connectivity index (χ1n) is 9.64. The molecule has 0 spiro atoms. The van der Waals surface area contributed by atoms with E-state index in [1.165, 1.54) is 33.5 Å². The standard InChI is InChI=1S/C22H19N5O6/c1-30-15-9-17(32-3)16(31-2)8-13(15)18-14(10-23)21(24)33-22-19(18)20(25-26-22)11-5-4-6-12(7-11)27(28)29/h4-9,18H,24H2,1-3H3,(H,25,26). The molecule has 1 aliphatic rings. The van der Waals surface area contributed by atoms with Gasteiger partial charge in [0.2, 0.25) is 11.8 Å². The van der Waals surface area contributed by atoms with Crippen molar-refractivity contribution in [3.63, 3.8) is 0 Å². The molecule has 3 N–H and O–H groups in total. The van der Waals surface area contributed by atoms with E-state index < -0.39 is 10.8 Å². The summed E-state index contributed by atoms with van der Waals surface area (Å²) in [5.41, 5.74) is 8.05. The van der Waals surface area contributed by atoms with Gasteiger partial charge in [0, 0.05) is 29.3 Å². The van der Waals surface area contributed by atoms with E-state index in [-0.39, 0.29) is 23.0 Å². The highest BCUT2D eigenvalue weighted by Crippen LogP contribution is 2.50. The number of hydrogen-bond donors (Lipinski definition) is 2. The quantitative estimate of drug-likeness (QED) is 0.425. The molecule has 11 heteroatoms. The van der Waals surface area contributed by atoms with Crippen LogP contribution in [0.5, 0.6) is 23.1 Å². The van der Waals surface area contributed by atoms with E-state index in [0.717, 1.165) is 0 Å². The van der Waals surface area contributed by atoms with Crippen molar-refractivity contribution in [1.82, 2.24) is 10.2 Å². The van der Waals surface area contributed by atoms with E-state index >= 15 is 0 Å². The normalized spacial score (nSPS) is 14.7. The van der Waals surface area contributed by atoms with Crippen molar-refractivity contribution in [2.24, 2.45) is 5.73 Å². The number of rotatable bonds is 6. The van der Waals surface area contributed by atoms with Gasteiger partial charge in [-0.1, -0.05) is 12.1 Å². The van der Waals surface area contributed by atoms with Gasteiger partial charge in [0.05, 0.1) is 43.4 Å². The van der Waals surface area contributed by atoms with Gasteiger partial charge in [0.1, 0.15) is 17.4 Å². The first kappa shape index (κ1) is 21.5. The molecule has 1 aromatic heterocycles. The number of hydrogen-bond acceptors (Lipinski definition) is 9. The zero-order valence-corrected chi connectivity index (χ0v) is 17.9. The van der Waals surface area contributed by atoms with Crippen molar-refractivity contribution < 1.29 is 23.9 Å². The minimum atomic E-state index is -0.762. The van der Waals surface area contributed by atoms with Crippen LogP contribution < -0.4 is 24.7 Å². The number of nitriles is 1. The van der Waals surface area contributed by atoms with E-state index in [1.807, 2.05) is 0 Å². The molecule has 1 unspecified atom stereocenters. The lowest BCUT2D eigenvalue weighted by atomic mass is 9.82. The molecular formula is C22H19N5O6. The molecule has 0 saturated carbocycles. The summed E-state index contributed by atoms with van der Waals surface area (Å²) in [7, 11) is 4.48. The van der Waals surface area contributed by atoms with Gasteiger partial charge < -0.3 is 24.7 Å². The Morgan fingerprint density at radius 3 is 2.48 bits per heavy atom. The average molecular weight is 449 g/mol. The number of methoxy groups -OCH3 is 3. The Morgan fingerprint density at radius 2 is 1.85 bits per heavy atom. The molecule has 0 aliphatic carbocycles. The molecule has 0 radical (unpaired) electrons. The van der Waals surface area contributed by atoms with E-state index in [4.69, 9.17) is 24.7 Å². The average Bonchev–Trinajstić information content (AvgIpc) is 3.25. The Hall–Kier alpha value is -4.72. The van der Waals surface area contributed by atoms with Crippen LogP contribution in [-0.4, -0.2) is 36.5 Å². The maximum atomic E-state index is 11.3. The van der Waals surface area contributed by atoms with Crippen LogP contribution in [0.1, 0.15) is 17.0 Å². The van der Waals surface area contributed by atoms with Gasteiger partial charge >= 0.3 is 0 Å². The largest absolute Gasteiger partial charge is 0.496 e. The van der Waals surface area contributed by atoms with Crippen molar-refractivity contribution in [2.45, 2.75) is 5.92 Å². The number of ether oxygens (including phenoxy) is 4. The number of fused-ring (bicyclic) bond motifs is 1. The number of aromatic amines is 1. The molecule has 0 bridgehead atoms. The Kier molecular flexibility index (Phi) is 5.49. The monoisotopic (exact) mass is 449 g/mol. The second-order valence-electron chi connectivity index (χ2n) is 7.00. The van der Waals surface area contributed by atoms with E-state index in [0.29, 0.717) is 39.6 Å². The number of nitrogens with one attached hydrogen (secondary N) is 1. The smallest absolute Gasteiger partial charge is 0.270 e. The molecule has 33 heavy (non-hydrogen) atoms. The molecule has 1 aliphatic heterocycles. The van der Waals surface area contributed by atoms with Crippen LogP contribution in [0.4, 0.5) is 5.69 Å². The SMILES string of the molecule is COc1cc(OC)c(C2C(C#N)=C(N)Oc3n[nH]c(-c4cccc([N+](=O)[O-])c4)c32)cc1OC. The Balaban J connectivity index is 2.00. The van der Waals surface area contributed by atoms with Crippen molar-refractivity contribution in [2.75, 3.05) is 21.3 Å². The van der Waals surface area contributed by atoms with E-state index in [2.05, 4.69) is 16.3 Å².